The Bertz CT molecular complexity index is 367. The molecular formula is C15H25NS. The molecule has 1 nitrogen and oxygen atoms in total. The van der Waals surface area contributed by atoms with Crippen molar-refractivity contribution < 1.29 is 0 Å². The molecule has 1 N–H and O–H groups in total. The highest BCUT2D eigenvalue weighted by molar-refractivity contribution is 7.11. The molecule has 0 amide bonds. The first kappa shape index (κ1) is 13.1. The van der Waals surface area contributed by atoms with E-state index in [2.05, 4.69) is 45.1 Å². The number of hydrogen-bond acceptors (Lipinski definition) is 2. The van der Waals surface area contributed by atoms with E-state index in [1.807, 2.05) is 11.3 Å². The molecule has 0 bridgehead atoms. The van der Waals surface area contributed by atoms with Gasteiger partial charge in [-0.3, -0.25) is 0 Å². The average Bonchev–Trinajstić information content (AvgIpc) is 2.58. The molecule has 1 aromatic rings. The van der Waals surface area contributed by atoms with Gasteiger partial charge in [-0.05, 0) is 49.7 Å². The lowest BCUT2D eigenvalue weighted by Crippen LogP contribution is -2.39. The zero-order chi connectivity index (χ0) is 12.5. The lowest BCUT2D eigenvalue weighted by atomic mass is 9.70. The van der Waals surface area contributed by atoms with Crippen LogP contribution < -0.4 is 5.32 Å². The van der Waals surface area contributed by atoms with Crippen molar-refractivity contribution in [2.45, 2.75) is 59.5 Å². The SMILES string of the molecule is Cc1ccc(CNC2CC(C)CC(C)(C)C2)s1. The molecule has 1 heterocycles. The second kappa shape index (κ2) is 5.11. The maximum atomic E-state index is 3.75. The first-order valence-corrected chi connectivity index (χ1v) is 7.55. The number of rotatable bonds is 3. The summed E-state index contributed by atoms with van der Waals surface area (Å²) >= 11 is 1.91. The van der Waals surface area contributed by atoms with Crippen molar-refractivity contribution in [1.82, 2.24) is 5.32 Å². The highest BCUT2D eigenvalue weighted by Crippen LogP contribution is 2.38. The highest BCUT2D eigenvalue weighted by atomic mass is 32.1. The molecule has 17 heavy (non-hydrogen) atoms. The Labute approximate surface area is 110 Å². The summed E-state index contributed by atoms with van der Waals surface area (Å²) in [6, 6.07) is 5.18. The number of aryl methyl sites for hydroxylation is 1. The normalized spacial score (nSPS) is 28.2. The fraction of sp³-hybridized carbons (Fsp3) is 0.733. The molecule has 2 atom stereocenters. The molecule has 96 valence electrons. The summed E-state index contributed by atoms with van der Waals surface area (Å²) in [7, 11) is 0. The Morgan fingerprint density at radius 3 is 2.71 bits per heavy atom. The zero-order valence-corrected chi connectivity index (χ0v) is 12.4. The molecule has 0 saturated heterocycles. The summed E-state index contributed by atoms with van der Waals surface area (Å²) in [6.45, 7) is 10.4. The van der Waals surface area contributed by atoms with Gasteiger partial charge < -0.3 is 5.32 Å². The van der Waals surface area contributed by atoms with Crippen LogP contribution >= 0.6 is 11.3 Å². The van der Waals surface area contributed by atoms with Crippen LogP contribution in [0.25, 0.3) is 0 Å². The van der Waals surface area contributed by atoms with Crippen molar-refractivity contribution in [3.8, 4) is 0 Å². The van der Waals surface area contributed by atoms with E-state index in [1.165, 1.54) is 29.0 Å². The van der Waals surface area contributed by atoms with Crippen molar-refractivity contribution in [3.05, 3.63) is 21.9 Å². The number of thiophene rings is 1. The first-order valence-electron chi connectivity index (χ1n) is 6.73. The third-order valence-electron chi connectivity index (χ3n) is 3.75. The van der Waals surface area contributed by atoms with Crippen LogP contribution in [0.2, 0.25) is 0 Å². The second-order valence-corrected chi connectivity index (χ2v) is 7.88. The van der Waals surface area contributed by atoms with Gasteiger partial charge in [-0.2, -0.15) is 0 Å². The largest absolute Gasteiger partial charge is 0.309 e. The van der Waals surface area contributed by atoms with E-state index in [1.54, 1.807) is 0 Å². The van der Waals surface area contributed by atoms with Crippen molar-refractivity contribution in [2.75, 3.05) is 0 Å². The Balaban J connectivity index is 1.86. The fourth-order valence-corrected chi connectivity index (χ4v) is 4.17. The van der Waals surface area contributed by atoms with E-state index in [4.69, 9.17) is 0 Å². The van der Waals surface area contributed by atoms with Gasteiger partial charge >= 0.3 is 0 Å². The fourth-order valence-electron chi connectivity index (χ4n) is 3.33. The predicted molar refractivity (Wildman–Crippen MR) is 76.5 cm³/mol. The van der Waals surface area contributed by atoms with Gasteiger partial charge in [0.25, 0.3) is 0 Å². The van der Waals surface area contributed by atoms with Crippen LogP contribution in [-0.4, -0.2) is 6.04 Å². The van der Waals surface area contributed by atoms with Crippen molar-refractivity contribution in [3.63, 3.8) is 0 Å². The molecule has 0 aromatic carbocycles. The predicted octanol–water partition coefficient (Wildman–Crippen LogP) is 4.36. The minimum absolute atomic E-state index is 0.515. The Hall–Kier alpha value is -0.340. The van der Waals surface area contributed by atoms with E-state index in [-0.39, 0.29) is 0 Å². The summed E-state index contributed by atoms with van der Waals surface area (Å²) in [6.07, 6.45) is 4.04. The molecule has 2 heteroatoms. The van der Waals surface area contributed by atoms with Crippen LogP contribution in [0, 0.1) is 18.3 Å². The molecule has 1 aliphatic carbocycles. The molecule has 2 rings (SSSR count). The minimum atomic E-state index is 0.515. The van der Waals surface area contributed by atoms with Gasteiger partial charge in [0.05, 0.1) is 0 Å². The van der Waals surface area contributed by atoms with E-state index >= 15 is 0 Å². The molecule has 0 radical (unpaired) electrons. The lowest BCUT2D eigenvalue weighted by molar-refractivity contribution is 0.151. The number of nitrogens with one attached hydrogen (secondary N) is 1. The van der Waals surface area contributed by atoms with Crippen LogP contribution in [0.3, 0.4) is 0 Å². The van der Waals surface area contributed by atoms with E-state index in [0.717, 1.165) is 12.5 Å². The molecule has 1 fully saturated rings. The highest BCUT2D eigenvalue weighted by Gasteiger charge is 2.31. The molecule has 2 unspecified atom stereocenters. The van der Waals surface area contributed by atoms with Gasteiger partial charge in [0.15, 0.2) is 0 Å². The molecule has 1 saturated carbocycles. The third kappa shape index (κ3) is 3.82. The van der Waals surface area contributed by atoms with Crippen LogP contribution in [0.5, 0.6) is 0 Å². The molecular weight excluding hydrogens is 226 g/mol. The van der Waals surface area contributed by atoms with Gasteiger partial charge in [-0.1, -0.05) is 20.8 Å². The maximum absolute atomic E-state index is 3.75. The van der Waals surface area contributed by atoms with E-state index in [0.29, 0.717) is 11.5 Å². The number of hydrogen-bond donors (Lipinski definition) is 1. The Morgan fingerprint density at radius 2 is 2.12 bits per heavy atom. The summed E-state index contributed by atoms with van der Waals surface area (Å²) in [5, 5.41) is 3.75. The molecule has 1 aromatic heterocycles. The Kier molecular flexibility index (Phi) is 3.94. The standard InChI is InChI=1S/C15H25NS/c1-11-7-13(9-15(3,4)8-11)16-10-14-6-5-12(2)17-14/h5-6,11,13,16H,7-10H2,1-4H3. The molecule has 0 spiro atoms. The summed E-state index contributed by atoms with van der Waals surface area (Å²) in [4.78, 5) is 2.89. The Morgan fingerprint density at radius 1 is 1.35 bits per heavy atom. The van der Waals surface area contributed by atoms with E-state index < -0.39 is 0 Å². The maximum Gasteiger partial charge on any atom is 0.0302 e. The van der Waals surface area contributed by atoms with E-state index in [9.17, 15) is 0 Å². The third-order valence-corrected chi connectivity index (χ3v) is 4.75. The van der Waals surface area contributed by atoms with Gasteiger partial charge in [-0.25, -0.2) is 0 Å². The smallest absolute Gasteiger partial charge is 0.0302 e. The zero-order valence-electron chi connectivity index (χ0n) is 11.5. The summed E-state index contributed by atoms with van der Waals surface area (Å²) in [5.74, 6) is 0.862. The van der Waals surface area contributed by atoms with Crippen LogP contribution in [-0.2, 0) is 6.54 Å². The van der Waals surface area contributed by atoms with Gasteiger partial charge in [-0.15, -0.1) is 11.3 Å². The van der Waals surface area contributed by atoms with Gasteiger partial charge in [0, 0.05) is 22.3 Å². The van der Waals surface area contributed by atoms with Crippen LogP contribution in [0.4, 0.5) is 0 Å². The molecule has 1 aliphatic rings. The molecule has 0 aliphatic heterocycles. The van der Waals surface area contributed by atoms with Gasteiger partial charge in [0.1, 0.15) is 0 Å². The van der Waals surface area contributed by atoms with Crippen molar-refractivity contribution in [1.29, 1.82) is 0 Å². The van der Waals surface area contributed by atoms with Gasteiger partial charge in [0.2, 0.25) is 0 Å². The van der Waals surface area contributed by atoms with Crippen molar-refractivity contribution >= 4 is 11.3 Å². The van der Waals surface area contributed by atoms with Crippen molar-refractivity contribution in [2.24, 2.45) is 11.3 Å². The first-order chi connectivity index (χ1) is 7.94. The average molecular weight is 251 g/mol. The quantitative estimate of drug-likeness (QED) is 0.841. The topological polar surface area (TPSA) is 12.0 Å². The minimum Gasteiger partial charge on any atom is -0.309 e. The summed E-state index contributed by atoms with van der Waals surface area (Å²) < 4.78 is 0. The second-order valence-electron chi connectivity index (χ2n) is 6.50. The van der Waals surface area contributed by atoms with Crippen LogP contribution in [0.15, 0.2) is 12.1 Å². The van der Waals surface area contributed by atoms with Crippen LogP contribution in [0.1, 0.15) is 49.8 Å². The summed E-state index contributed by atoms with van der Waals surface area (Å²) in [5.41, 5.74) is 0.515. The monoisotopic (exact) mass is 251 g/mol. The lowest BCUT2D eigenvalue weighted by Gasteiger charge is -2.39.